The van der Waals surface area contributed by atoms with Crippen molar-refractivity contribution in [3.8, 4) is 11.5 Å². The average Bonchev–Trinajstić information content (AvgIpc) is 2.27. The fourth-order valence-corrected chi connectivity index (χ4v) is 1.34. The van der Waals surface area contributed by atoms with E-state index in [-0.39, 0.29) is 0 Å². The van der Waals surface area contributed by atoms with Crippen molar-refractivity contribution in [2.75, 3.05) is 14.2 Å². The summed E-state index contributed by atoms with van der Waals surface area (Å²) in [7, 11) is 3.03. The number of nitrogens with two attached hydrogens (primary N) is 1. The highest BCUT2D eigenvalue weighted by Crippen LogP contribution is 2.32. The van der Waals surface area contributed by atoms with Crippen molar-refractivity contribution in [2.24, 2.45) is 5.73 Å². The number of methoxy groups -OCH3 is 2. The Labute approximate surface area is 89.0 Å². The second kappa shape index (κ2) is 4.98. The van der Waals surface area contributed by atoms with E-state index < -0.39 is 12.2 Å². The zero-order chi connectivity index (χ0) is 11.4. The second-order valence-electron chi connectivity index (χ2n) is 3.37. The lowest BCUT2D eigenvalue weighted by Crippen LogP contribution is -2.22. The van der Waals surface area contributed by atoms with E-state index in [4.69, 9.17) is 15.2 Å². The van der Waals surface area contributed by atoms with Crippen LogP contribution in [-0.2, 0) is 0 Å². The summed E-state index contributed by atoms with van der Waals surface area (Å²) >= 11 is 0. The van der Waals surface area contributed by atoms with Crippen LogP contribution in [-0.4, -0.2) is 20.3 Å². The zero-order valence-corrected chi connectivity index (χ0v) is 9.16. The molecule has 0 amide bonds. The molecule has 0 aromatic heterocycles. The molecule has 84 valence electrons. The van der Waals surface area contributed by atoms with Gasteiger partial charge in [0, 0.05) is 11.6 Å². The van der Waals surface area contributed by atoms with Crippen LogP contribution in [0.25, 0.3) is 0 Å². The highest BCUT2D eigenvalue weighted by atomic mass is 19.1. The quantitative estimate of drug-likeness (QED) is 0.832. The monoisotopic (exact) mass is 213 g/mol. The number of halogens is 1. The molecule has 0 spiro atoms. The largest absolute Gasteiger partial charge is 0.497 e. The number of hydrogen-bond donors (Lipinski definition) is 1. The normalized spacial score (nSPS) is 14.5. The van der Waals surface area contributed by atoms with Crippen LogP contribution >= 0.6 is 0 Å². The highest BCUT2D eigenvalue weighted by Gasteiger charge is 2.19. The molecule has 2 unspecified atom stereocenters. The van der Waals surface area contributed by atoms with Gasteiger partial charge in [-0.2, -0.15) is 0 Å². The van der Waals surface area contributed by atoms with Gasteiger partial charge < -0.3 is 15.2 Å². The molecule has 1 aromatic carbocycles. The molecule has 3 nitrogen and oxygen atoms in total. The summed E-state index contributed by atoms with van der Waals surface area (Å²) in [6.07, 6.45) is -1.25. The van der Waals surface area contributed by atoms with E-state index in [2.05, 4.69) is 0 Å². The molecule has 0 aliphatic rings. The van der Waals surface area contributed by atoms with E-state index in [0.29, 0.717) is 17.1 Å². The predicted octanol–water partition coefficient (Wildman–Crippen LogP) is 2.06. The Hall–Kier alpha value is -1.29. The summed E-state index contributed by atoms with van der Waals surface area (Å²) in [6, 6.07) is 4.41. The van der Waals surface area contributed by atoms with E-state index in [1.165, 1.54) is 14.2 Å². The number of hydrogen-bond acceptors (Lipinski definition) is 3. The summed E-state index contributed by atoms with van der Waals surface area (Å²) < 4.78 is 23.8. The predicted molar refractivity (Wildman–Crippen MR) is 57.0 cm³/mol. The molecule has 0 fully saturated rings. The topological polar surface area (TPSA) is 44.5 Å². The van der Waals surface area contributed by atoms with Crippen molar-refractivity contribution < 1.29 is 13.9 Å². The molecule has 1 rings (SSSR count). The molecule has 4 heteroatoms. The summed E-state index contributed by atoms with van der Waals surface area (Å²) in [5.74, 6) is 1.08. The molecule has 0 saturated carbocycles. The molecule has 1 aromatic rings. The van der Waals surface area contributed by atoms with Gasteiger partial charge in [-0.15, -0.1) is 0 Å². The van der Waals surface area contributed by atoms with Crippen molar-refractivity contribution in [2.45, 2.75) is 19.1 Å². The Morgan fingerprint density at radius 1 is 1.27 bits per heavy atom. The summed E-state index contributed by atoms with van der Waals surface area (Å²) in [5, 5.41) is 0. The molecule has 0 radical (unpaired) electrons. The lowest BCUT2D eigenvalue weighted by atomic mass is 10.0. The van der Waals surface area contributed by atoms with E-state index in [0.717, 1.165) is 0 Å². The van der Waals surface area contributed by atoms with Gasteiger partial charge in [-0.25, -0.2) is 4.39 Å². The zero-order valence-electron chi connectivity index (χ0n) is 9.16. The molecule has 0 saturated heterocycles. The van der Waals surface area contributed by atoms with Crippen molar-refractivity contribution in [3.05, 3.63) is 23.8 Å². The van der Waals surface area contributed by atoms with Gasteiger partial charge in [0.2, 0.25) is 0 Å². The lowest BCUT2D eigenvalue weighted by molar-refractivity contribution is 0.286. The van der Waals surface area contributed by atoms with Gasteiger partial charge in [0.05, 0.1) is 14.2 Å². The molecular weight excluding hydrogens is 197 g/mol. The highest BCUT2D eigenvalue weighted by molar-refractivity contribution is 5.42. The van der Waals surface area contributed by atoms with Gasteiger partial charge in [-0.3, -0.25) is 0 Å². The first-order valence-electron chi connectivity index (χ1n) is 4.71. The third-order valence-electron chi connectivity index (χ3n) is 2.20. The first-order chi connectivity index (χ1) is 7.10. The van der Waals surface area contributed by atoms with Gasteiger partial charge in [-0.1, -0.05) is 0 Å². The van der Waals surface area contributed by atoms with Crippen molar-refractivity contribution in [1.82, 2.24) is 0 Å². The number of rotatable bonds is 4. The second-order valence-corrected chi connectivity index (χ2v) is 3.37. The Balaban J connectivity index is 3.11. The minimum Gasteiger partial charge on any atom is -0.497 e. The average molecular weight is 213 g/mol. The molecule has 15 heavy (non-hydrogen) atoms. The standard InChI is InChI=1S/C11H16FNO2/c1-7(13)11(12)9-6-8(14-2)4-5-10(9)15-3/h4-7,11H,13H2,1-3H3. The van der Waals surface area contributed by atoms with E-state index >= 15 is 0 Å². The Morgan fingerprint density at radius 3 is 2.40 bits per heavy atom. The van der Waals surface area contributed by atoms with Crippen LogP contribution in [0.2, 0.25) is 0 Å². The van der Waals surface area contributed by atoms with Gasteiger partial charge in [0.1, 0.15) is 17.7 Å². The molecular formula is C11H16FNO2. The van der Waals surface area contributed by atoms with E-state index in [9.17, 15) is 4.39 Å². The summed E-state index contributed by atoms with van der Waals surface area (Å²) in [5.41, 5.74) is 5.93. The van der Waals surface area contributed by atoms with Crippen molar-refractivity contribution in [1.29, 1.82) is 0 Å². The minimum atomic E-state index is -1.25. The molecule has 0 heterocycles. The first kappa shape index (κ1) is 11.8. The van der Waals surface area contributed by atoms with Gasteiger partial charge in [0.25, 0.3) is 0 Å². The van der Waals surface area contributed by atoms with Crippen LogP contribution in [0.3, 0.4) is 0 Å². The van der Waals surface area contributed by atoms with Gasteiger partial charge >= 0.3 is 0 Å². The smallest absolute Gasteiger partial charge is 0.144 e. The molecule has 0 bridgehead atoms. The number of ether oxygens (including phenoxy) is 2. The van der Waals surface area contributed by atoms with Crippen LogP contribution in [0.15, 0.2) is 18.2 Å². The SMILES string of the molecule is COc1ccc(OC)c(C(F)C(C)N)c1. The Morgan fingerprint density at radius 2 is 1.93 bits per heavy atom. The number of benzene rings is 1. The van der Waals surface area contributed by atoms with Crippen LogP contribution in [0, 0.1) is 0 Å². The molecule has 0 aliphatic carbocycles. The lowest BCUT2D eigenvalue weighted by Gasteiger charge is -2.16. The maximum Gasteiger partial charge on any atom is 0.144 e. The molecule has 2 atom stereocenters. The van der Waals surface area contributed by atoms with Crippen LogP contribution < -0.4 is 15.2 Å². The van der Waals surface area contributed by atoms with Gasteiger partial charge in [-0.05, 0) is 25.1 Å². The third-order valence-corrected chi connectivity index (χ3v) is 2.20. The maximum absolute atomic E-state index is 13.8. The molecule has 0 aliphatic heterocycles. The van der Waals surface area contributed by atoms with Crippen LogP contribution in [0.4, 0.5) is 4.39 Å². The van der Waals surface area contributed by atoms with Crippen molar-refractivity contribution >= 4 is 0 Å². The van der Waals surface area contributed by atoms with E-state index in [1.54, 1.807) is 25.1 Å². The maximum atomic E-state index is 13.8. The third kappa shape index (κ3) is 2.59. The fourth-order valence-electron chi connectivity index (χ4n) is 1.34. The minimum absolute atomic E-state index is 0.423. The van der Waals surface area contributed by atoms with Crippen LogP contribution in [0.1, 0.15) is 18.7 Å². The van der Waals surface area contributed by atoms with Gasteiger partial charge in [0.15, 0.2) is 0 Å². The summed E-state index contributed by atoms with van der Waals surface area (Å²) in [6.45, 7) is 1.61. The van der Waals surface area contributed by atoms with Crippen LogP contribution in [0.5, 0.6) is 11.5 Å². The van der Waals surface area contributed by atoms with E-state index in [1.807, 2.05) is 0 Å². The number of alkyl halides is 1. The first-order valence-corrected chi connectivity index (χ1v) is 4.71. The molecule has 2 N–H and O–H groups in total. The summed E-state index contributed by atoms with van der Waals surface area (Å²) in [4.78, 5) is 0. The fraction of sp³-hybridized carbons (Fsp3) is 0.455. The Kier molecular flexibility index (Phi) is 3.91. The van der Waals surface area contributed by atoms with Crippen molar-refractivity contribution in [3.63, 3.8) is 0 Å². The Bertz CT molecular complexity index is 328.